The van der Waals surface area contributed by atoms with Crippen LogP contribution >= 0.6 is 23.2 Å². The van der Waals surface area contributed by atoms with Crippen LogP contribution < -0.4 is 14.9 Å². The molecule has 1 unspecified atom stereocenters. The van der Waals surface area contributed by atoms with Crippen LogP contribution in [0.15, 0.2) is 71.6 Å². The Bertz CT molecular complexity index is 1610. The van der Waals surface area contributed by atoms with Gasteiger partial charge in [-0.1, -0.05) is 41.4 Å². The van der Waals surface area contributed by atoms with Gasteiger partial charge in [0.25, 0.3) is 15.9 Å². The number of nitrogens with zero attached hydrogens (tertiary/aromatic N) is 2. The number of anilines is 2. The van der Waals surface area contributed by atoms with Crippen molar-refractivity contribution in [3.63, 3.8) is 0 Å². The van der Waals surface area contributed by atoms with Gasteiger partial charge in [-0.05, 0) is 75.3 Å². The zero-order valence-electron chi connectivity index (χ0n) is 22.9. The van der Waals surface area contributed by atoms with E-state index in [9.17, 15) is 22.8 Å². The number of carboxylic acid groups (broad SMARTS) is 1. The van der Waals surface area contributed by atoms with Gasteiger partial charge in [-0.2, -0.15) is 0 Å². The molecule has 1 atom stereocenters. The summed E-state index contributed by atoms with van der Waals surface area (Å²) in [6.45, 7) is 4.77. The maximum absolute atomic E-state index is 14.5. The molecule has 0 spiro atoms. The Labute approximate surface area is 254 Å². The van der Waals surface area contributed by atoms with Crippen molar-refractivity contribution in [1.82, 2.24) is 10.2 Å². The monoisotopic (exact) mass is 632 g/mol. The lowest BCUT2D eigenvalue weighted by atomic mass is 9.83. The second kappa shape index (κ2) is 12.7. The number of hydrogen-bond donors (Lipinski definition) is 3. The number of fused-ring (bicyclic) bond motifs is 1. The van der Waals surface area contributed by atoms with Gasteiger partial charge in [0.2, 0.25) is 0 Å². The van der Waals surface area contributed by atoms with E-state index in [0.717, 1.165) is 4.31 Å². The van der Waals surface area contributed by atoms with E-state index in [2.05, 4.69) is 10.6 Å². The summed E-state index contributed by atoms with van der Waals surface area (Å²) in [6.07, 6.45) is -0.000490. The van der Waals surface area contributed by atoms with E-state index in [1.807, 2.05) is 13.8 Å². The first kappa shape index (κ1) is 31.3. The molecule has 3 N–H and O–H groups in total. The Morgan fingerprint density at radius 3 is 2.26 bits per heavy atom. The highest BCUT2D eigenvalue weighted by molar-refractivity contribution is 7.93. The largest absolute Gasteiger partial charge is 0.481 e. The van der Waals surface area contributed by atoms with Crippen LogP contribution in [0.4, 0.5) is 16.2 Å². The Hall–Kier alpha value is -3.64. The standard InChI is InChI=1S/C29H30Cl2N4O6S/c1-3-34(4-2)28(39)33-20-12-14-21(15-13-20)42(40,41)35-25-16-11-19(30)18-23(25)29(27(35)38,32-17-7-10-26(36)37)22-8-5-6-9-24(22)31/h5-6,8-9,11-16,18,32H,3-4,7,10,17H2,1-2H3,(H,33,39)(H,36,37). The molecule has 13 heteroatoms. The number of aliphatic carboxylic acids is 1. The summed E-state index contributed by atoms with van der Waals surface area (Å²) in [6, 6.07) is 16.2. The molecule has 1 heterocycles. The van der Waals surface area contributed by atoms with Gasteiger partial charge in [0.15, 0.2) is 5.54 Å². The van der Waals surface area contributed by atoms with Crippen molar-refractivity contribution in [3.05, 3.63) is 87.9 Å². The van der Waals surface area contributed by atoms with Crippen molar-refractivity contribution in [2.45, 2.75) is 37.1 Å². The van der Waals surface area contributed by atoms with Crippen LogP contribution in [-0.4, -0.2) is 56.0 Å². The lowest BCUT2D eigenvalue weighted by Crippen LogP contribution is -2.53. The molecule has 0 aromatic heterocycles. The summed E-state index contributed by atoms with van der Waals surface area (Å²) in [5.41, 5.74) is -0.759. The zero-order chi connectivity index (χ0) is 30.7. The van der Waals surface area contributed by atoms with Crippen molar-refractivity contribution >= 4 is 62.5 Å². The number of carboxylic acids is 1. The number of amides is 3. The topological polar surface area (TPSA) is 136 Å². The molecule has 0 fully saturated rings. The van der Waals surface area contributed by atoms with E-state index in [1.54, 1.807) is 29.2 Å². The van der Waals surface area contributed by atoms with Crippen molar-refractivity contribution in [2.75, 3.05) is 29.3 Å². The Balaban J connectivity index is 1.79. The number of benzene rings is 3. The Kier molecular flexibility index (Phi) is 9.47. The number of urea groups is 1. The summed E-state index contributed by atoms with van der Waals surface area (Å²) in [5.74, 6) is -1.85. The zero-order valence-corrected chi connectivity index (χ0v) is 25.3. The maximum Gasteiger partial charge on any atom is 0.321 e. The molecule has 1 aliphatic rings. The minimum absolute atomic E-state index is 0.0596. The average molecular weight is 634 g/mol. The van der Waals surface area contributed by atoms with Gasteiger partial charge >= 0.3 is 12.0 Å². The van der Waals surface area contributed by atoms with Crippen LogP contribution in [0.1, 0.15) is 37.8 Å². The highest BCUT2D eigenvalue weighted by atomic mass is 35.5. The lowest BCUT2D eigenvalue weighted by Gasteiger charge is -2.31. The first-order chi connectivity index (χ1) is 20.0. The van der Waals surface area contributed by atoms with Crippen LogP contribution in [0.2, 0.25) is 10.0 Å². The van der Waals surface area contributed by atoms with E-state index >= 15 is 0 Å². The van der Waals surface area contributed by atoms with Crippen molar-refractivity contribution in [3.8, 4) is 0 Å². The SMILES string of the molecule is CCN(CC)C(=O)Nc1ccc(S(=O)(=O)N2C(=O)C(NCCCC(=O)O)(c3ccccc3Cl)c3cc(Cl)ccc32)cc1. The molecule has 1 aliphatic heterocycles. The number of hydrogen-bond acceptors (Lipinski definition) is 6. The van der Waals surface area contributed by atoms with Crippen LogP contribution in [-0.2, 0) is 25.2 Å². The highest BCUT2D eigenvalue weighted by Gasteiger charge is 2.56. The first-order valence-corrected chi connectivity index (χ1v) is 15.4. The fraction of sp³-hybridized carbons (Fsp3) is 0.276. The van der Waals surface area contributed by atoms with Gasteiger partial charge in [0.1, 0.15) is 0 Å². The van der Waals surface area contributed by atoms with Gasteiger partial charge in [0.05, 0.1) is 10.6 Å². The van der Waals surface area contributed by atoms with Gasteiger partial charge in [0, 0.05) is 46.4 Å². The smallest absolute Gasteiger partial charge is 0.321 e. The molecular weight excluding hydrogens is 603 g/mol. The maximum atomic E-state index is 14.5. The molecule has 3 aromatic rings. The van der Waals surface area contributed by atoms with E-state index in [4.69, 9.17) is 28.3 Å². The molecule has 0 aliphatic carbocycles. The van der Waals surface area contributed by atoms with Crippen molar-refractivity contribution in [1.29, 1.82) is 0 Å². The number of sulfonamides is 1. The van der Waals surface area contributed by atoms with E-state index in [0.29, 0.717) is 24.3 Å². The lowest BCUT2D eigenvalue weighted by molar-refractivity contribution is -0.137. The van der Waals surface area contributed by atoms with E-state index < -0.39 is 27.4 Å². The molecule has 0 radical (unpaired) electrons. The Morgan fingerprint density at radius 1 is 0.976 bits per heavy atom. The molecule has 3 amide bonds. The molecule has 0 bridgehead atoms. The second-order valence-electron chi connectivity index (χ2n) is 9.52. The predicted molar refractivity (Wildman–Crippen MR) is 162 cm³/mol. The molecule has 4 rings (SSSR count). The van der Waals surface area contributed by atoms with Crippen LogP contribution in [0.5, 0.6) is 0 Å². The molecule has 3 aromatic carbocycles. The van der Waals surface area contributed by atoms with Crippen LogP contribution in [0.25, 0.3) is 0 Å². The minimum Gasteiger partial charge on any atom is -0.481 e. The normalized spacial score (nSPS) is 16.3. The second-order valence-corrected chi connectivity index (χ2v) is 12.1. The number of carbonyl (C=O) groups excluding carboxylic acids is 2. The number of halogens is 2. The molecule has 0 saturated carbocycles. The highest BCUT2D eigenvalue weighted by Crippen LogP contribution is 2.49. The van der Waals surface area contributed by atoms with Gasteiger partial charge in [-0.3, -0.25) is 14.9 Å². The molecule has 10 nitrogen and oxygen atoms in total. The summed E-state index contributed by atoms with van der Waals surface area (Å²) in [7, 11) is -4.48. The van der Waals surface area contributed by atoms with Gasteiger partial charge in [-0.25, -0.2) is 17.5 Å². The molecular formula is C29H30Cl2N4O6S. The third kappa shape index (κ3) is 5.82. The number of carbonyl (C=O) groups is 3. The fourth-order valence-electron chi connectivity index (χ4n) is 4.94. The average Bonchev–Trinajstić information content (AvgIpc) is 3.20. The summed E-state index contributed by atoms with van der Waals surface area (Å²) < 4.78 is 28.9. The Morgan fingerprint density at radius 2 is 1.64 bits per heavy atom. The number of nitrogens with one attached hydrogen (secondary N) is 2. The minimum atomic E-state index is -4.48. The van der Waals surface area contributed by atoms with E-state index in [1.165, 1.54) is 42.5 Å². The van der Waals surface area contributed by atoms with Gasteiger partial charge in [-0.15, -0.1) is 0 Å². The van der Waals surface area contributed by atoms with Gasteiger partial charge < -0.3 is 15.3 Å². The summed E-state index contributed by atoms with van der Waals surface area (Å²) in [5, 5.41) is 15.5. The first-order valence-electron chi connectivity index (χ1n) is 13.2. The number of rotatable bonds is 11. The molecule has 42 heavy (non-hydrogen) atoms. The predicted octanol–water partition coefficient (Wildman–Crippen LogP) is 5.30. The third-order valence-corrected chi connectivity index (χ3v) is 9.29. The summed E-state index contributed by atoms with van der Waals surface area (Å²) in [4.78, 5) is 39.4. The quantitative estimate of drug-likeness (QED) is 0.244. The summed E-state index contributed by atoms with van der Waals surface area (Å²) >= 11 is 12.9. The van der Waals surface area contributed by atoms with Crippen LogP contribution in [0.3, 0.4) is 0 Å². The molecule has 222 valence electrons. The third-order valence-electron chi connectivity index (χ3n) is 7.02. The van der Waals surface area contributed by atoms with Crippen molar-refractivity contribution < 1.29 is 27.9 Å². The molecule has 0 saturated heterocycles. The van der Waals surface area contributed by atoms with E-state index in [-0.39, 0.29) is 51.6 Å². The van der Waals surface area contributed by atoms with Crippen molar-refractivity contribution in [2.24, 2.45) is 0 Å². The van der Waals surface area contributed by atoms with Crippen LogP contribution in [0, 0.1) is 0 Å². The fourth-order valence-corrected chi connectivity index (χ4v) is 6.85.